The van der Waals surface area contributed by atoms with Crippen LogP contribution in [0.3, 0.4) is 0 Å². The lowest BCUT2D eigenvalue weighted by molar-refractivity contribution is -0.139. The van der Waals surface area contributed by atoms with Crippen molar-refractivity contribution in [2.45, 2.75) is 26.8 Å². The summed E-state index contributed by atoms with van der Waals surface area (Å²) >= 11 is 0. The fourth-order valence-electron chi connectivity index (χ4n) is 2.09. The largest absolute Gasteiger partial charge is 0.482 e. The van der Waals surface area contributed by atoms with Crippen molar-refractivity contribution in [3.63, 3.8) is 0 Å². The molecule has 0 saturated carbocycles. The molecule has 0 spiro atoms. The fourth-order valence-corrected chi connectivity index (χ4v) is 2.09. The van der Waals surface area contributed by atoms with Gasteiger partial charge in [-0.25, -0.2) is 4.79 Å². The van der Waals surface area contributed by atoms with Crippen LogP contribution in [-0.2, 0) is 11.3 Å². The highest BCUT2D eigenvalue weighted by Gasteiger charge is 2.01. The number of rotatable bonds is 11. The van der Waals surface area contributed by atoms with E-state index in [0.29, 0.717) is 5.75 Å². The van der Waals surface area contributed by atoms with Gasteiger partial charge in [0.2, 0.25) is 0 Å². The Balaban J connectivity index is 2.25. The summed E-state index contributed by atoms with van der Waals surface area (Å²) in [5, 5.41) is 12.0. The second kappa shape index (κ2) is 10.2. The third-order valence-corrected chi connectivity index (χ3v) is 3.31. The number of carboxylic acids is 1. The molecule has 0 bridgehead atoms. The molecule has 1 aromatic carbocycles. The van der Waals surface area contributed by atoms with Crippen molar-refractivity contribution in [2.75, 3.05) is 32.8 Å². The Kier molecular flexibility index (Phi) is 8.47. The monoisotopic (exact) mass is 294 g/mol. The first kappa shape index (κ1) is 17.5. The second-order valence-corrected chi connectivity index (χ2v) is 4.89. The average molecular weight is 294 g/mol. The van der Waals surface area contributed by atoms with Crippen LogP contribution in [0, 0.1) is 0 Å². The normalized spacial score (nSPS) is 10.8. The van der Waals surface area contributed by atoms with Gasteiger partial charge in [0.15, 0.2) is 6.61 Å². The predicted octanol–water partition coefficient (Wildman–Crippen LogP) is 1.97. The highest BCUT2D eigenvalue weighted by molar-refractivity contribution is 5.68. The van der Waals surface area contributed by atoms with Gasteiger partial charge in [-0.05, 0) is 50.3 Å². The Morgan fingerprint density at radius 2 is 2.10 bits per heavy atom. The smallest absolute Gasteiger partial charge is 0.341 e. The van der Waals surface area contributed by atoms with Gasteiger partial charge in [-0.1, -0.05) is 26.0 Å². The third-order valence-electron chi connectivity index (χ3n) is 3.31. The van der Waals surface area contributed by atoms with Crippen LogP contribution in [-0.4, -0.2) is 48.8 Å². The third kappa shape index (κ3) is 7.68. The number of carboxylic acid groups (broad SMARTS) is 1. The Morgan fingerprint density at radius 3 is 2.76 bits per heavy atom. The maximum Gasteiger partial charge on any atom is 0.341 e. The molecule has 118 valence electrons. The zero-order valence-corrected chi connectivity index (χ0v) is 13.0. The standard InChI is InChI=1S/C16H26N2O3/c1-3-18(4-2)10-6-9-17-12-14-7-5-8-15(11-14)21-13-16(19)20/h5,7-8,11,17H,3-4,6,9-10,12-13H2,1-2H3,(H,19,20). The molecule has 21 heavy (non-hydrogen) atoms. The maximum atomic E-state index is 10.5. The van der Waals surface area contributed by atoms with Crippen LogP contribution >= 0.6 is 0 Å². The molecule has 0 aromatic heterocycles. The first-order chi connectivity index (χ1) is 10.2. The van der Waals surface area contributed by atoms with E-state index in [0.717, 1.165) is 44.7 Å². The van der Waals surface area contributed by atoms with E-state index in [-0.39, 0.29) is 6.61 Å². The summed E-state index contributed by atoms with van der Waals surface area (Å²) in [7, 11) is 0. The maximum absolute atomic E-state index is 10.5. The molecule has 0 aliphatic rings. The van der Waals surface area contributed by atoms with E-state index < -0.39 is 5.97 Å². The van der Waals surface area contributed by atoms with Crippen LogP contribution in [0.2, 0.25) is 0 Å². The van der Waals surface area contributed by atoms with Crippen molar-refractivity contribution < 1.29 is 14.6 Å². The van der Waals surface area contributed by atoms with Crippen LogP contribution in [0.5, 0.6) is 5.75 Å². The summed E-state index contributed by atoms with van der Waals surface area (Å²) in [4.78, 5) is 12.9. The number of nitrogens with one attached hydrogen (secondary N) is 1. The molecule has 0 fully saturated rings. The van der Waals surface area contributed by atoms with Gasteiger partial charge >= 0.3 is 5.97 Å². The van der Waals surface area contributed by atoms with Gasteiger partial charge < -0.3 is 20.1 Å². The number of ether oxygens (including phenoxy) is 1. The molecule has 0 radical (unpaired) electrons. The number of carbonyl (C=O) groups is 1. The Hall–Kier alpha value is -1.59. The zero-order valence-electron chi connectivity index (χ0n) is 13.0. The molecule has 1 aromatic rings. The summed E-state index contributed by atoms with van der Waals surface area (Å²) < 4.78 is 5.16. The minimum Gasteiger partial charge on any atom is -0.482 e. The lowest BCUT2D eigenvalue weighted by atomic mass is 10.2. The summed E-state index contributed by atoms with van der Waals surface area (Å²) in [6, 6.07) is 7.53. The molecule has 0 unspecified atom stereocenters. The molecule has 0 aliphatic carbocycles. The number of hydrogen-bond donors (Lipinski definition) is 2. The number of nitrogens with zero attached hydrogens (tertiary/aromatic N) is 1. The Morgan fingerprint density at radius 1 is 1.33 bits per heavy atom. The van der Waals surface area contributed by atoms with Crippen LogP contribution < -0.4 is 10.1 Å². The van der Waals surface area contributed by atoms with E-state index in [1.807, 2.05) is 18.2 Å². The molecular weight excluding hydrogens is 268 g/mol. The summed E-state index contributed by atoms with van der Waals surface area (Å²) in [6.07, 6.45) is 1.12. The number of hydrogen-bond acceptors (Lipinski definition) is 4. The first-order valence-corrected chi connectivity index (χ1v) is 7.52. The van der Waals surface area contributed by atoms with Crippen molar-refractivity contribution >= 4 is 5.97 Å². The molecule has 0 amide bonds. The van der Waals surface area contributed by atoms with Crippen molar-refractivity contribution in [1.82, 2.24) is 10.2 Å². The van der Waals surface area contributed by atoms with E-state index in [1.54, 1.807) is 6.07 Å². The molecule has 0 aliphatic heterocycles. The number of benzene rings is 1. The Bertz CT molecular complexity index is 420. The molecule has 1 rings (SSSR count). The highest BCUT2D eigenvalue weighted by atomic mass is 16.5. The van der Waals surface area contributed by atoms with Gasteiger partial charge in [-0.2, -0.15) is 0 Å². The molecule has 5 nitrogen and oxygen atoms in total. The SMILES string of the molecule is CCN(CC)CCCNCc1cccc(OCC(=O)O)c1. The van der Waals surface area contributed by atoms with Crippen LogP contribution in [0.1, 0.15) is 25.8 Å². The van der Waals surface area contributed by atoms with Crippen molar-refractivity contribution in [3.8, 4) is 5.75 Å². The molecule has 5 heteroatoms. The van der Waals surface area contributed by atoms with Gasteiger partial charge in [0.05, 0.1) is 0 Å². The zero-order chi connectivity index (χ0) is 15.5. The lowest BCUT2D eigenvalue weighted by Gasteiger charge is -2.17. The van der Waals surface area contributed by atoms with Gasteiger partial charge in [-0.3, -0.25) is 0 Å². The van der Waals surface area contributed by atoms with Crippen molar-refractivity contribution in [3.05, 3.63) is 29.8 Å². The fraction of sp³-hybridized carbons (Fsp3) is 0.562. The predicted molar refractivity (Wildman–Crippen MR) is 83.7 cm³/mol. The minimum absolute atomic E-state index is 0.305. The topological polar surface area (TPSA) is 61.8 Å². The second-order valence-electron chi connectivity index (χ2n) is 4.89. The van der Waals surface area contributed by atoms with Crippen LogP contribution in [0.4, 0.5) is 0 Å². The molecule has 0 heterocycles. The van der Waals surface area contributed by atoms with Crippen molar-refractivity contribution in [1.29, 1.82) is 0 Å². The lowest BCUT2D eigenvalue weighted by Crippen LogP contribution is -2.27. The van der Waals surface area contributed by atoms with Crippen molar-refractivity contribution in [2.24, 2.45) is 0 Å². The van der Waals surface area contributed by atoms with Gasteiger partial charge in [0.1, 0.15) is 5.75 Å². The number of aliphatic carboxylic acids is 1. The van der Waals surface area contributed by atoms with E-state index in [9.17, 15) is 4.79 Å². The minimum atomic E-state index is -0.963. The van der Waals surface area contributed by atoms with E-state index in [4.69, 9.17) is 9.84 Å². The van der Waals surface area contributed by atoms with Crippen LogP contribution in [0.25, 0.3) is 0 Å². The summed E-state index contributed by atoms with van der Waals surface area (Å²) in [5.74, 6) is -0.366. The Labute approximate surface area is 126 Å². The summed E-state index contributed by atoms with van der Waals surface area (Å²) in [5.41, 5.74) is 1.10. The van der Waals surface area contributed by atoms with E-state index in [2.05, 4.69) is 24.1 Å². The van der Waals surface area contributed by atoms with E-state index in [1.165, 1.54) is 0 Å². The van der Waals surface area contributed by atoms with Gasteiger partial charge in [0.25, 0.3) is 0 Å². The molecular formula is C16H26N2O3. The molecule has 0 saturated heterocycles. The quantitative estimate of drug-likeness (QED) is 0.611. The first-order valence-electron chi connectivity index (χ1n) is 7.52. The van der Waals surface area contributed by atoms with Gasteiger partial charge in [0, 0.05) is 6.54 Å². The van der Waals surface area contributed by atoms with E-state index >= 15 is 0 Å². The summed E-state index contributed by atoms with van der Waals surface area (Å²) in [6.45, 7) is 9.10. The average Bonchev–Trinajstić information content (AvgIpc) is 2.49. The molecule has 0 atom stereocenters. The van der Waals surface area contributed by atoms with Gasteiger partial charge in [-0.15, -0.1) is 0 Å². The highest BCUT2D eigenvalue weighted by Crippen LogP contribution is 2.13. The van der Waals surface area contributed by atoms with Crippen LogP contribution in [0.15, 0.2) is 24.3 Å². The molecule has 2 N–H and O–H groups in total.